The van der Waals surface area contributed by atoms with Crippen molar-refractivity contribution in [2.24, 2.45) is 0 Å². The lowest BCUT2D eigenvalue weighted by molar-refractivity contribution is 0.102. The van der Waals surface area contributed by atoms with E-state index in [0.717, 1.165) is 5.69 Å². The summed E-state index contributed by atoms with van der Waals surface area (Å²) in [6.45, 7) is 0. The number of anilines is 1. The van der Waals surface area contributed by atoms with Gasteiger partial charge in [-0.1, -0.05) is 17.7 Å². The summed E-state index contributed by atoms with van der Waals surface area (Å²) in [5, 5.41) is 14.3. The molecule has 0 unspecified atom stereocenters. The van der Waals surface area contributed by atoms with Crippen LogP contribution in [0, 0.1) is 0 Å². The van der Waals surface area contributed by atoms with E-state index in [1.54, 1.807) is 61.5 Å². The van der Waals surface area contributed by atoms with Gasteiger partial charge in [-0.25, -0.2) is 4.68 Å². The molecule has 2 aromatic carbocycles. The van der Waals surface area contributed by atoms with Gasteiger partial charge in [0, 0.05) is 17.3 Å². The number of carbonyl (C=O) groups excluding carboxylic acids is 1. The number of amides is 1. The number of aromatic nitrogens is 5. The molecule has 0 atom stereocenters. The molecule has 0 radical (unpaired) electrons. The largest absolute Gasteiger partial charge is 0.497 e. The van der Waals surface area contributed by atoms with E-state index >= 15 is 0 Å². The molecule has 0 spiro atoms. The molecule has 0 saturated heterocycles. The Bertz CT molecular complexity index is 1200. The van der Waals surface area contributed by atoms with Crippen LogP contribution in [0.2, 0.25) is 5.02 Å². The van der Waals surface area contributed by atoms with Crippen molar-refractivity contribution in [2.45, 2.75) is 0 Å². The van der Waals surface area contributed by atoms with Gasteiger partial charge in [-0.3, -0.25) is 15.2 Å². The van der Waals surface area contributed by atoms with Crippen molar-refractivity contribution in [1.82, 2.24) is 25.0 Å². The highest BCUT2D eigenvalue weighted by Gasteiger charge is 2.16. The van der Waals surface area contributed by atoms with Gasteiger partial charge in [0.1, 0.15) is 11.5 Å². The van der Waals surface area contributed by atoms with Crippen LogP contribution in [0.25, 0.3) is 17.1 Å². The Labute approximate surface area is 176 Å². The Kier molecular flexibility index (Phi) is 5.36. The summed E-state index contributed by atoms with van der Waals surface area (Å²) >= 11 is 6.01. The van der Waals surface area contributed by atoms with E-state index in [4.69, 9.17) is 21.1 Å². The molecule has 0 aliphatic carbocycles. The van der Waals surface area contributed by atoms with Crippen molar-refractivity contribution in [1.29, 1.82) is 0 Å². The van der Waals surface area contributed by atoms with Gasteiger partial charge in [0.25, 0.3) is 5.91 Å². The van der Waals surface area contributed by atoms with E-state index in [0.29, 0.717) is 27.9 Å². The van der Waals surface area contributed by atoms with Gasteiger partial charge in [-0.2, -0.15) is 10.1 Å². The first-order valence-corrected chi connectivity index (χ1v) is 9.23. The standard InChI is InChI=1S/C20H17ClN6O3/c1-29-14-6-7-15(17(11-14)30-2)18-22-20(25-24-18)23-19(28)16-8-9-27(26-16)13-5-3-4-12(21)10-13/h3-11H,1-2H3,(H2,22,23,24,25,28). The molecular weight excluding hydrogens is 408 g/mol. The normalized spacial score (nSPS) is 10.6. The predicted molar refractivity (Wildman–Crippen MR) is 111 cm³/mol. The summed E-state index contributed by atoms with van der Waals surface area (Å²) in [5.74, 6) is 1.32. The van der Waals surface area contributed by atoms with E-state index in [-0.39, 0.29) is 11.6 Å². The number of hydrogen-bond acceptors (Lipinski definition) is 6. The second-order valence-corrected chi connectivity index (χ2v) is 6.59. The summed E-state index contributed by atoms with van der Waals surface area (Å²) in [7, 11) is 3.12. The molecule has 0 saturated carbocycles. The lowest BCUT2D eigenvalue weighted by Crippen LogP contribution is -2.14. The van der Waals surface area contributed by atoms with Gasteiger partial charge in [0.05, 0.1) is 25.5 Å². The molecule has 4 aromatic rings. The molecule has 30 heavy (non-hydrogen) atoms. The van der Waals surface area contributed by atoms with Gasteiger partial charge in [-0.15, -0.1) is 5.10 Å². The summed E-state index contributed by atoms with van der Waals surface area (Å²) in [6.07, 6.45) is 1.67. The van der Waals surface area contributed by atoms with Crippen molar-refractivity contribution < 1.29 is 14.3 Å². The van der Waals surface area contributed by atoms with Gasteiger partial charge >= 0.3 is 0 Å². The minimum atomic E-state index is -0.442. The zero-order valence-corrected chi connectivity index (χ0v) is 16.8. The molecule has 4 rings (SSSR count). The second kappa shape index (κ2) is 8.26. The molecule has 2 heterocycles. The van der Waals surface area contributed by atoms with Crippen molar-refractivity contribution in [2.75, 3.05) is 19.5 Å². The Morgan fingerprint density at radius 2 is 2.00 bits per heavy atom. The molecule has 0 fully saturated rings. The van der Waals surface area contributed by atoms with Crippen molar-refractivity contribution in [3.63, 3.8) is 0 Å². The highest BCUT2D eigenvalue weighted by molar-refractivity contribution is 6.30. The first kappa shape index (κ1) is 19.5. The highest BCUT2D eigenvalue weighted by Crippen LogP contribution is 2.31. The minimum Gasteiger partial charge on any atom is -0.497 e. The van der Waals surface area contributed by atoms with Gasteiger partial charge in [0.15, 0.2) is 11.5 Å². The molecule has 10 heteroatoms. The van der Waals surface area contributed by atoms with Crippen LogP contribution in [0.3, 0.4) is 0 Å². The minimum absolute atomic E-state index is 0.116. The third-order valence-electron chi connectivity index (χ3n) is 4.27. The van der Waals surface area contributed by atoms with Gasteiger partial charge in [0.2, 0.25) is 5.95 Å². The maximum atomic E-state index is 12.5. The van der Waals surface area contributed by atoms with E-state index in [9.17, 15) is 4.79 Å². The van der Waals surface area contributed by atoms with Crippen LogP contribution in [0.4, 0.5) is 5.95 Å². The molecule has 2 N–H and O–H groups in total. The first-order valence-electron chi connectivity index (χ1n) is 8.85. The molecule has 0 bridgehead atoms. The fourth-order valence-corrected chi connectivity index (χ4v) is 2.99. The number of nitrogens with one attached hydrogen (secondary N) is 2. The smallest absolute Gasteiger partial charge is 0.278 e. The quantitative estimate of drug-likeness (QED) is 0.490. The summed E-state index contributed by atoms with van der Waals surface area (Å²) in [6, 6.07) is 14.1. The summed E-state index contributed by atoms with van der Waals surface area (Å²) in [4.78, 5) is 16.8. The van der Waals surface area contributed by atoms with Crippen LogP contribution in [-0.4, -0.2) is 45.1 Å². The highest BCUT2D eigenvalue weighted by atomic mass is 35.5. The maximum Gasteiger partial charge on any atom is 0.278 e. The number of benzene rings is 2. The molecule has 0 aliphatic heterocycles. The monoisotopic (exact) mass is 424 g/mol. The number of rotatable bonds is 6. The lowest BCUT2D eigenvalue weighted by atomic mass is 10.2. The molecule has 9 nitrogen and oxygen atoms in total. The van der Waals surface area contributed by atoms with Crippen LogP contribution in [0.1, 0.15) is 10.5 Å². The molecule has 152 valence electrons. The van der Waals surface area contributed by atoms with E-state index in [1.165, 1.54) is 0 Å². The number of nitrogens with zero attached hydrogens (tertiary/aromatic N) is 4. The maximum absolute atomic E-state index is 12.5. The zero-order chi connectivity index (χ0) is 21.1. The second-order valence-electron chi connectivity index (χ2n) is 6.15. The van der Waals surface area contributed by atoms with Crippen LogP contribution < -0.4 is 14.8 Å². The predicted octanol–water partition coefficient (Wildman–Crippen LogP) is 3.58. The average Bonchev–Trinajstić information content (AvgIpc) is 3.43. The number of aromatic amines is 1. The number of hydrogen-bond donors (Lipinski definition) is 2. The van der Waals surface area contributed by atoms with Gasteiger partial charge < -0.3 is 9.47 Å². The number of ether oxygens (including phenoxy) is 2. The molecule has 1 amide bonds. The first-order chi connectivity index (χ1) is 14.6. The average molecular weight is 425 g/mol. The Hall–Kier alpha value is -3.85. The van der Waals surface area contributed by atoms with Crippen molar-refractivity contribution in [3.05, 3.63) is 65.4 Å². The van der Waals surface area contributed by atoms with E-state index in [1.807, 2.05) is 12.1 Å². The number of carbonyl (C=O) groups is 1. The molecule has 2 aromatic heterocycles. The zero-order valence-electron chi connectivity index (χ0n) is 16.1. The Balaban J connectivity index is 1.51. The molecular formula is C20H17ClN6O3. The summed E-state index contributed by atoms with van der Waals surface area (Å²) in [5.41, 5.74) is 1.63. The molecule has 0 aliphatic rings. The van der Waals surface area contributed by atoms with Crippen LogP contribution in [-0.2, 0) is 0 Å². The number of halogens is 1. The van der Waals surface area contributed by atoms with Gasteiger partial charge in [-0.05, 0) is 36.4 Å². The number of H-pyrrole nitrogens is 1. The van der Waals surface area contributed by atoms with E-state index < -0.39 is 5.91 Å². The van der Waals surface area contributed by atoms with E-state index in [2.05, 4.69) is 25.6 Å². The van der Waals surface area contributed by atoms with Crippen LogP contribution in [0.15, 0.2) is 54.7 Å². The van der Waals surface area contributed by atoms with Crippen molar-refractivity contribution >= 4 is 23.5 Å². The fraction of sp³-hybridized carbons (Fsp3) is 0.100. The fourth-order valence-electron chi connectivity index (χ4n) is 2.81. The van der Waals surface area contributed by atoms with Crippen LogP contribution >= 0.6 is 11.6 Å². The summed E-state index contributed by atoms with van der Waals surface area (Å²) < 4.78 is 12.1. The third-order valence-corrected chi connectivity index (χ3v) is 4.50. The lowest BCUT2D eigenvalue weighted by Gasteiger charge is -2.07. The van der Waals surface area contributed by atoms with Crippen molar-refractivity contribution in [3.8, 4) is 28.6 Å². The van der Waals surface area contributed by atoms with Crippen LogP contribution in [0.5, 0.6) is 11.5 Å². The topological polar surface area (TPSA) is 107 Å². The number of methoxy groups -OCH3 is 2. The third kappa shape index (κ3) is 3.96. The Morgan fingerprint density at radius 1 is 1.13 bits per heavy atom. The Morgan fingerprint density at radius 3 is 2.77 bits per heavy atom. The SMILES string of the molecule is COc1ccc(-c2nc(NC(=O)c3ccn(-c4cccc(Cl)c4)n3)n[nH]2)c(OC)c1.